The van der Waals surface area contributed by atoms with Crippen LogP contribution in [0.3, 0.4) is 0 Å². The number of carbonyl (C=O) groups is 2. The molecule has 0 aliphatic heterocycles. The standard InChI is InChI=1S/C18H15ClN4O2/c19-13-8-4-7-12(9-13)14-10-15(23-22-14)18(25)21-16(17(20)24)11-5-2-1-3-6-11/h1-10,16H,(H2,20,24)(H,21,25)(H,22,23)/t16-/m1/s1. The number of aromatic amines is 1. The first-order valence-corrected chi connectivity index (χ1v) is 7.89. The highest BCUT2D eigenvalue weighted by Crippen LogP contribution is 2.21. The molecule has 0 saturated heterocycles. The number of amides is 2. The van der Waals surface area contributed by atoms with Gasteiger partial charge in [-0.05, 0) is 23.8 Å². The molecular weight excluding hydrogens is 340 g/mol. The minimum Gasteiger partial charge on any atom is -0.368 e. The van der Waals surface area contributed by atoms with Gasteiger partial charge in [0.15, 0.2) is 0 Å². The molecule has 0 aliphatic rings. The third kappa shape index (κ3) is 3.87. The van der Waals surface area contributed by atoms with Crippen molar-refractivity contribution in [3.63, 3.8) is 0 Å². The third-order valence-corrected chi connectivity index (χ3v) is 3.87. The maximum Gasteiger partial charge on any atom is 0.270 e. The Labute approximate surface area is 149 Å². The van der Waals surface area contributed by atoms with Gasteiger partial charge in [0, 0.05) is 10.6 Å². The second kappa shape index (κ2) is 7.19. The summed E-state index contributed by atoms with van der Waals surface area (Å²) in [6, 6.07) is 16.6. The summed E-state index contributed by atoms with van der Waals surface area (Å²) in [7, 11) is 0. The van der Waals surface area contributed by atoms with Gasteiger partial charge in [-0.15, -0.1) is 0 Å². The molecule has 0 unspecified atom stereocenters. The SMILES string of the molecule is NC(=O)[C@H](NC(=O)c1cc(-c2cccc(Cl)c2)n[nH]1)c1ccccc1. The number of rotatable bonds is 5. The third-order valence-electron chi connectivity index (χ3n) is 3.64. The zero-order valence-corrected chi connectivity index (χ0v) is 13.8. The summed E-state index contributed by atoms with van der Waals surface area (Å²) in [5.74, 6) is -1.12. The number of carbonyl (C=O) groups excluding carboxylic acids is 2. The van der Waals surface area contributed by atoms with Gasteiger partial charge in [0.2, 0.25) is 5.91 Å². The molecule has 1 heterocycles. The molecule has 0 fully saturated rings. The van der Waals surface area contributed by atoms with E-state index in [1.165, 1.54) is 0 Å². The van der Waals surface area contributed by atoms with Crippen molar-refractivity contribution in [1.29, 1.82) is 0 Å². The van der Waals surface area contributed by atoms with E-state index in [9.17, 15) is 9.59 Å². The maximum atomic E-state index is 12.4. The molecule has 0 bridgehead atoms. The number of primary amides is 1. The number of nitrogens with zero attached hydrogens (tertiary/aromatic N) is 1. The minimum absolute atomic E-state index is 0.220. The Hall–Kier alpha value is -3.12. The number of halogens is 1. The van der Waals surface area contributed by atoms with Gasteiger partial charge in [0.1, 0.15) is 11.7 Å². The van der Waals surface area contributed by atoms with Crippen molar-refractivity contribution in [2.75, 3.05) is 0 Å². The van der Waals surface area contributed by atoms with E-state index in [-0.39, 0.29) is 5.69 Å². The van der Waals surface area contributed by atoms with Gasteiger partial charge in [-0.1, -0.05) is 54.1 Å². The molecule has 0 spiro atoms. The number of nitrogens with one attached hydrogen (secondary N) is 2. The van der Waals surface area contributed by atoms with Crippen molar-refractivity contribution in [2.45, 2.75) is 6.04 Å². The van der Waals surface area contributed by atoms with E-state index in [0.717, 1.165) is 5.56 Å². The number of hydrogen-bond donors (Lipinski definition) is 3. The fourth-order valence-corrected chi connectivity index (χ4v) is 2.60. The highest BCUT2D eigenvalue weighted by atomic mass is 35.5. The fourth-order valence-electron chi connectivity index (χ4n) is 2.41. The molecule has 126 valence electrons. The first kappa shape index (κ1) is 16.7. The lowest BCUT2D eigenvalue weighted by Crippen LogP contribution is -2.37. The van der Waals surface area contributed by atoms with Crippen LogP contribution in [0, 0.1) is 0 Å². The van der Waals surface area contributed by atoms with Gasteiger partial charge in [-0.2, -0.15) is 5.10 Å². The maximum absolute atomic E-state index is 12.4. The van der Waals surface area contributed by atoms with Gasteiger partial charge in [0.05, 0.1) is 5.69 Å². The number of aromatic nitrogens is 2. The molecule has 1 aromatic heterocycles. The van der Waals surface area contributed by atoms with Crippen LogP contribution in [-0.2, 0) is 4.79 Å². The topological polar surface area (TPSA) is 101 Å². The van der Waals surface area contributed by atoms with Crippen LogP contribution in [0.1, 0.15) is 22.1 Å². The van der Waals surface area contributed by atoms with Crippen LogP contribution in [0.5, 0.6) is 0 Å². The smallest absolute Gasteiger partial charge is 0.270 e. The first-order chi connectivity index (χ1) is 12.0. The lowest BCUT2D eigenvalue weighted by molar-refractivity contribution is -0.120. The molecule has 1 atom stereocenters. The van der Waals surface area contributed by atoms with Crippen molar-refractivity contribution >= 4 is 23.4 Å². The zero-order chi connectivity index (χ0) is 17.8. The Bertz CT molecular complexity index is 908. The van der Waals surface area contributed by atoms with E-state index in [4.69, 9.17) is 17.3 Å². The van der Waals surface area contributed by atoms with E-state index in [0.29, 0.717) is 16.3 Å². The average Bonchev–Trinajstić information content (AvgIpc) is 3.10. The van der Waals surface area contributed by atoms with E-state index in [1.807, 2.05) is 12.1 Å². The summed E-state index contributed by atoms with van der Waals surface area (Å²) in [5, 5.41) is 9.96. The normalized spacial score (nSPS) is 11.7. The summed E-state index contributed by atoms with van der Waals surface area (Å²) in [4.78, 5) is 24.1. The highest BCUT2D eigenvalue weighted by molar-refractivity contribution is 6.30. The molecule has 0 radical (unpaired) electrons. The molecule has 4 N–H and O–H groups in total. The molecule has 2 aromatic carbocycles. The Morgan fingerprint density at radius 2 is 1.84 bits per heavy atom. The van der Waals surface area contributed by atoms with Gasteiger partial charge in [0.25, 0.3) is 5.91 Å². The van der Waals surface area contributed by atoms with Crippen LogP contribution < -0.4 is 11.1 Å². The molecule has 7 heteroatoms. The van der Waals surface area contributed by atoms with Gasteiger partial charge < -0.3 is 11.1 Å². The van der Waals surface area contributed by atoms with Crippen LogP contribution in [0.25, 0.3) is 11.3 Å². The van der Waals surface area contributed by atoms with Crippen LogP contribution in [0.15, 0.2) is 60.7 Å². The van der Waals surface area contributed by atoms with E-state index in [2.05, 4.69) is 15.5 Å². The Kier molecular flexibility index (Phi) is 4.81. The van der Waals surface area contributed by atoms with Crippen molar-refractivity contribution in [2.24, 2.45) is 5.73 Å². The molecule has 3 rings (SSSR count). The van der Waals surface area contributed by atoms with Crippen molar-refractivity contribution in [3.8, 4) is 11.3 Å². The average molecular weight is 355 g/mol. The molecule has 25 heavy (non-hydrogen) atoms. The van der Waals surface area contributed by atoms with Crippen LogP contribution >= 0.6 is 11.6 Å². The van der Waals surface area contributed by atoms with Gasteiger partial charge >= 0.3 is 0 Å². The second-order valence-electron chi connectivity index (χ2n) is 5.40. The number of nitrogens with two attached hydrogens (primary N) is 1. The molecule has 0 aliphatic carbocycles. The van der Waals surface area contributed by atoms with E-state index < -0.39 is 17.9 Å². The molecule has 2 amide bonds. The first-order valence-electron chi connectivity index (χ1n) is 7.51. The summed E-state index contributed by atoms with van der Waals surface area (Å²) in [6.07, 6.45) is 0. The van der Waals surface area contributed by atoms with Crippen LogP contribution in [0.2, 0.25) is 5.02 Å². The Morgan fingerprint density at radius 1 is 1.08 bits per heavy atom. The molecule has 0 saturated carbocycles. The predicted octanol–water partition coefficient (Wildman–Crippen LogP) is 2.69. The van der Waals surface area contributed by atoms with E-state index >= 15 is 0 Å². The largest absolute Gasteiger partial charge is 0.368 e. The van der Waals surface area contributed by atoms with Crippen molar-refractivity contribution < 1.29 is 9.59 Å². The van der Waals surface area contributed by atoms with Gasteiger partial charge in [-0.25, -0.2) is 0 Å². The summed E-state index contributed by atoms with van der Waals surface area (Å²) in [5.41, 5.74) is 7.59. The summed E-state index contributed by atoms with van der Waals surface area (Å²) in [6.45, 7) is 0. The Balaban J connectivity index is 1.80. The Morgan fingerprint density at radius 3 is 2.52 bits per heavy atom. The molecule has 6 nitrogen and oxygen atoms in total. The minimum atomic E-state index is -0.924. The van der Waals surface area contributed by atoms with Crippen molar-refractivity contribution in [3.05, 3.63) is 76.9 Å². The summed E-state index contributed by atoms with van der Waals surface area (Å²) >= 11 is 5.97. The van der Waals surface area contributed by atoms with Gasteiger partial charge in [-0.3, -0.25) is 14.7 Å². The number of hydrogen-bond acceptors (Lipinski definition) is 3. The lowest BCUT2D eigenvalue weighted by Gasteiger charge is -2.15. The molecule has 3 aromatic rings. The van der Waals surface area contributed by atoms with E-state index in [1.54, 1.807) is 48.5 Å². The number of H-pyrrole nitrogens is 1. The monoisotopic (exact) mass is 354 g/mol. The van der Waals surface area contributed by atoms with Crippen molar-refractivity contribution in [1.82, 2.24) is 15.5 Å². The predicted molar refractivity (Wildman–Crippen MR) is 94.9 cm³/mol. The quantitative estimate of drug-likeness (QED) is 0.656. The van der Waals surface area contributed by atoms with Crippen LogP contribution in [0.4, 0.5) is 0 Å². The zero-order valence-electron chi connectivity index (χ0n) is 13.1. The highest BCUT2D eigenvalue weighted by Gasteiger charge is 2.22. The summed E-state index contributed by atoms with van der Waals surface area (Å²) < 4.78 is 0. The van der Waals surface area contributed by atoms with Crippen LogP contribution in [-0.4, -0.2) is 22.0 Å². The second-order valence-corrected chi connectivity index (χ2v) is 5.83. The molecular formula is C18H15ClN4O2. The number of benzene rings is 2. The lowest BCUT2D eigenvalue weighted by atomic mass is 10.1. The fraction of sp³-hybridized carbons (Fsp3) is 0.0556.